The third-order valence-corrected chi connectivity index (χ3v) is 2.85. The van der Waals surface area contributed by atoms with Crippen LogP contribution >= 0.6 is 23.2 Å². The third-order valence-electron chi connectivity index (χ3n) is 2.30. The maximum Gasteiger partial charge on any atom is 0.139 e. The molecule has 0 amide bonds. The van der Waals surface area contributed by atoms with Gasteiger partial charge in [-0.25, -0.2) is 0 Å². The van der Waals surface area contributed by atoms with Crippen LogP contribution in [0.1, 0.15) is 12.8 Å². The molecule has 1 aromatic carbocycles. The Morgan fingerprint density at radius 2 is 2.07 bits per heavy atom. The fourth-order valence-corrected chi connectivity index (χ4v) is 1.45. The molecule has 0 radical (unpaired) electrons. The van der Waals surface area contributed by atoms with Crippen molar-refractivity contribution >= 4 is 23.2 Å². The van der Waals surface area contributed by atoms with Crippen molar-refractivity contribution in [2.24, 2.45) is 5.73 Å². The molecule has 0 unspecified atom stereocenters. The summed E-state index contributed by atoms with van der Waals surface area (Å²) in [6.45, 7) is 0.507. The van der Waals surface area contributed by atoms with E-state index in [2.05, 4.69) is 0 Å². The van der Waals surface area contributed by atoms with Gasteiger partial charge in [0.05, 0.1) is 10.6 Å². The zero-order valence-electron chi connectivity index (χ0n) is 7.59. The van der Waals surface area contributed by atoms with E-state index in [-0.39, 0.29) is 5.54 Å². The first-order chi connectivity index (χ1) is 6.59. The summed E-state index contributed by atoms with van der Waals surface area (Å²) in [6.07, 6.45) is 2.04. The third kappa shape index (κ3) is 2.32. The van der Waals surface area contributed by atoms with E-state index >= 15 is 0 Å². The van der Waals surface area contributed by atoms with Crippen molar-refractivity contribution in [3.63, 3.8) is 0 Å². The number of ether oxygens (including phenoxy) is 1. The molecule has 0 bridgehead atoms. The molecule has 0 heterocycles. The minimum Gasteiger partial charge on any atom is -0.490 e. The monoisotopic (exact) mass is 231 g/mol. The molecule has 0 aliphatic heterocycles. The first-order valence-electron chi connectivity index (χ1n) is 4.46. The lowest BCUT2D eigenvalue weighted by atomic mass is 10.3. The smallest absolute Gasteiger partial charge is 0.139 e. The normalized spacial score (nSPS) is 17.9. The van der Waals surface area contributed by atoms with Crippen molar-refractivity contribution in [2.75, 3.05) is 6.61 Å². The van der Waals surface area contributed by atoms with Gasteiger partial charge in [-0.1, -0.05) is 23.2 Å². The van der Waals surface area contributed by atoms with Gasteiger partial charge in [0.2, 0.25) is 0 Å². The van der Waals surface area contributed by atoms with Crippen LogP contribution in [0, 0.1) is 0 Å². The molecule has 1 fully saturated rings. The Kier molecular flexibility index (Phi) is 2.60. The summed E-state index contributed by atoms with van der Waals surface area (Å²) in [6, 6.07) is 5.15. The lowest BCUT2D eigenvalue weighted by Crippen LogP contribution is -2.29. The molecule has 76 valence electrons. The molecular weight excluding hydrogens is 221 g/mol. The van der Waals surface area contributed by atoms with E-state index in [1.807, 2.05) is 0 Å². The fourth-order valence-electron chi connectivity index (χ4n) is 1.11. The predicted octanol–water partition coefficient (Wildman–Crippen LogP) is 2.86. The van der Waals surface area contributed by atoms with Gasteiger partial charge in [-0.3, -0.25) is 0 Å². The second-order valence-corrected chi connectivity index (χ2v) is 4.57. The van der Waals surface area contributed by atoms with Gasteiger partial charge in [-0.05, 0) is 25.0 Å². The number of hydrogen-bond acceptors (Lipinski definition) is 2. The lowest BCUT2D eigenvalue weighted by Gasteiger charge is -2.12. The fraction of sp³-hybridized carbons (Fsp3) is 0.400. The molecule has 0 aromatic heterocycles. The minimum atomic E-state index is -0.133. The van der Waals surface area contributed by atoms with Gasteiger partial charge in [0.1, 0.15) is 12.4 Å². The molecule has 4 heteroatoms. The SMILES string of the molecule is NC1(COc2cc(Cl)ccc2Cl)CC1. The van der Waals surface area contributed by atoms with E-state index in [9.17, 15) is 0 Å². The molecule has 14 heavy (non-hydrogen) atoms. The van der Waals surface area contributed by atoms with Crippen LogP contribution in [0.5, 0.6) is 5.75 Å². The van der Waals surface area contributed by atoms with Crippen LogP contribution in [0.25, 0.3) is 0 Å². The number of benzene rings is 1. The Labute approximate surface area is 92.9 Å². The first kappa shape index (κ1) is 10.1. The van der Waals surface area contributed by atoms with Crippen LogP contribution in [-0.4, -0.2) is 12.1 Å². The van der Waals surface area contributed by atoms with Crippen LogP contribution < -0.4 is 10.5 Å². The van der Waals surface area contributed by atoms with Crippen molar-refractivity contribution < 1.29 is 4.74 Å². The zero-order valence-corrected chi connectivity index (χ0v) is 9.11. The molecule has 0 atom stereocenters. The number of halogens is 2. The first-order valence-corrected chi connectivity index (χ1v) is 5.21. The Bertz CT molecular complexity index is 350. The van der Waals surface area contributed by atoms with Crippen LogP contribution in [0.4, 0.5) is 0 Å². The average Bonchev–Trinajstić information content (AvgIpc) is 2.87. The second-order valence-electron chi connectivity index (χ2n) is 3.73. The highest BCUT2D eigenvalue weighted by Crippen LogP contribution is 2.34. The maximum absolute atomic E-state index is 5.92. The maximum atomic E-state index is 5.92. The van der Waals surface area contributed by atoms with Gasteiger partial charge < -0.3 is 10.5 Å². The Hall–Kier alpha value is -0.440. The van der Waals surface area contributed by atoms with Crippen molar-refractivity contribution in [1.82, 2.24) is 0 Å². The molecular formula is C10H11Cl2NO. The van der Waals surface area contributed by atoms with Gasteiger partial charge in [0.15, 0.2) is 0 Å². The Balaban J connectivity index is 2.04. The molecule has 0 saturated heterocycles. The Morgan fingerprint density at radius 3 is 2.71 bits per heavy atom. The Morgan fingerprint density at radius 1 is 1.36 bits per heavy atom. The summed E-state index contributed by atoms with van der Waals surface area (Å²) in [7, 11) is 0. The summed E-state index contributed by atoms with van der Waals surface area (Å²) < 4.78 is 5.50. The van der Waals surface area contributed by atoms with E-state index < -0.39 is 0 Å². The number of hydrogen-bond donors (Lipinski definition) is 1. The minimum absolute atomic E-state index is 0.133. The molecule has 2 nitrogen and oxygen atoms in total. The number of nitrogens with two attached hydrogens (primary N) is 1. The van der Waals surface area contributed by atoms with Gasteiger partial charge >= 0.3 is 0 Å². The largest absolute Gasteiger partial charge is 0.490 e. The molecule has 1 aromatic rings. The summed E-state index contributed by atoms with van der Waals surface area (Å²) in [5, 5.41) is 1.19. The van der Waals surface area contributed by atoms with Crippen LogP contribution in [0.2, 0.25) is 10.0 Å². The highest BCUT2D eigenvalue weighted by molar-refractivity contribution is 6.34. The van der Waals surface area contributed by atoms with Crippen molar-refractivity contribution in [3.05, 3.63) is 28.2 Å². The second kappa shape index (κ2) is 3.61. The summed E-state index contributed by atoms with van der Waals surface area (Å²) in [4.78, 5) is 0. The van der Waals surface area contributed by atoms with E-state index in [0.717, 1.165) is 12.8 Å². The highest BCUT2D eigenvalue weighted by atomic mass is 35.5. The van der Waals surface area contributed by atoms with Gasteiger partial charge in [0, 0.05) is 11.1 Å². The summed E-state index contributed by atoms with van der Waals surface area (Å²) >= 11 is 11.7. The van der Waals surface area contributed by atoms with E-state index in [1.54, 1.807) is 18.2 Å². The lowest BCUT2D eigenvalue weighted by molar-refractivity contribution is 0.279. The van der Waals surface area contributed by atoms with Crippen LogP contribution in [0.15, 0.2) is 18.2 Å². The molecule has 1 aliphatic carbocycles. The van der Waals surface area contributed by atoms with Gasteiger partial charge in [-0.15, -0.1) is 0 Å². The molecule has 1 aliphatic rings. The predicted molar refractivity (Wildman–Crippen MR) is 58.1 cm³/mol. The quantitative estimate of drug-likeness (QED) is 0.869. The van der Waals surface area contributed by atoms with Crippen molar-refractivity contribution in [2.45, 2.75) is 18.4 Å². The number of rotatable bonds is 3. The standard InChI is InChI=1S/C10H11Cl2NO/c11-7-1-2-8(12)9(5-7)14-6-10(13)3-4-10/h1-2,5H,3-4,6,13H2. The topological polar surface area (TPSA) is 35.2 Å². The van der Waals surface area contributed by atoms with Gasteiger partial charge in [0.25, 0.3) is 0 Å². The molecule has 1 saturated carbocycles. The summed E-state index contributed by atoms with van der Waals surface area (Å²) in [5.74, 6) is 0.607. The van der Waals surface area contributed by atoms with Crippen molar-refractivity contribution in [1.29, 1.82) is 0 Å². The highest BCUT2D eigenvalue weighted by Gasteiger charge is 2.39. The molecule has 0 spiro atoms. The zero-order chi connectivity index (χ0) is 10.2. The molecule has 2 N–H and O–H groups in total. The summed E-state index contributed by atoms with van der Waals surface area (Å²) in [5.41, 5.74) is 5.75. The van der Waals surface area contributed by atoms with E-state index in [0.29, 0.717) is 22.4 Å². The van der Waals surface area contributed by atoms with Gasteiger partial charge in [-0.2, -0.15) is 0 Å². The van der Waals surface area contributed by atoms with Crippen LogP contribution in [0.3, 0.4) is 0 Å². The van der Waals surface area contributed by atoms with Crippen LogP contribution in [-0.2, 0) is 0 Å². The van der Waals surface area contributed by atoms with E-state index in [1.165, 1.54) is 0 Å². The van der Waals surface area contributed by atoms with E-state index in [4.69, 9.17) is 33.7 Å². The molecule has 2 rings (SSSR count). The average molecular weight is 232 g/mol. The van der Waals surface area contributed by atoms with Crippen molar-refractivity contribution in [3.8, 4) is 5.75 Å².